The van der Waals surface area contributed by atoms with Gasteiger partial charge in [0.05, 0.1) is 6.04 Å². The Bertz CT molecular complexity index is 270. The molecule has 0 aliphatic heterocycles. The molecule has 0 fully saturated rings. The first kappa shape index (κ1) is 11.3. The van der Waals surface area contributed by atoms with E-state index in [1.54, 1.807) is 0 Å². The Kier molecular flexibility index (Phi) is 4.17. The molecule has 1 aromatic rings. The molecule has 0 radical (unpaired) electrons. The number of nitrogens with one attached hydrogen (secondary N) is 1. The normalized spacial score (nSPS) is 13.5. The van der Waals surface area contributed by atoms with Crippen LogP contribution in [0, 0.1) is 6.92 Å². The van der Waals surface area contributed by atoms with Gasteiger partial charge < -0.3 is 9.73 Å². The van der Waals surface area contributed by atoms with E-state index in [0.29, 0.717) is 6.04 Å². The Labute approximate surface area is 86.1 Å². The molecule has 0 aliphatic rings. The van der Waals surface area contributed by atoms with Crippen LogP contribution >= 0.6 is 0 Å². The summed E-state index contributed by atoms with van der Waals surface area (Å²) in [6, 6.07) is 4.41. The maximum atomic E-state index is 5.58. The van der Waals surface area contributed by atoms with Crippen LogP contribution in [-0.4, -0.2) is 32.1 Å². The number of rotatable bonds is 5. The Morgan fingerprint density at radius 3 is 2.71 bits per heavy atom. The third-order valence-corrected chi connectivity index (χ3v) is 2.55. The molecule has 1 N–H and O–H groups in total. The summed E-state index contributed by atoms with van der Waals surface area (Å²) in [5, 5.41) is 3.14. The fourth-order valence-corrected chi connectivity index (χ4v) is 1.38. The van der Waals surface area contributed by atoms with Gasteiger partial charge in [-0.05, 0) is 40.1 Å². The van der Waals surface area contributed by atoms with Crippen LogP contribution in [0.4, 0.5) is 0 Å². The predicted octanol–water partition coefficient (Wildman–Crippen LogP) is 1.80. The molecule has 0 spiro atoms. The molecule has 14 heavy (non-hydrogen) atoms. The van der Waals surface area contributed by atoms with Crippen molar-refractivity contribution in [1.82, 2.24) is 10.2 Å². The van der Waals surface area contributed by atoms with E-state index < -0.39 is 0 Å². The lowest BCUT2D eigenvalue weighted by atomic mass is 10.2. The quantitative estimate of drug-likeness (QED) is 0.778. The monoisotopic (exact) mass is 196 g/mol. The van der Waals surface area contributed by atoms with Gasteiger partial charge in [-0.1, -0.05) is 0 Å². The van der Waals surface area contributed by atoms with Gasteiger partial charge >= 0.3 is 0 Å². The van der Waals surface area contributed by atoms with E-state index in [1.807, 2.05) is 20.0 Å². The fourth-order valence-electron chi connectivity index (χ4n) is 1.38. The van der Waals surface area contributed by atoms with E-state index in [2.05, 4.69) is 30.3 Å². The Balaban J connectivity index is 2.51. The van der Waals surface area contributed by atoms with E-state index in [1.165, 1.54) is 0 Å². The third kappa shape index (κ3) is 2.86. The summed E-state index contributed by atoms with van der Waals surface area (Å²) in [5.74, 6) is 2.02. The van der Waals surface area contributed by atoms with Gasteiger partial charge in [-0.25, -0.2) is 0 Å². The highest BCUT2D eigenvalue weighted by Crippen LogP contribution is 2.20. The smallest absolute Gasteiger partial charge is 0.121 e. The highest BCUT2D eigenvalue weighted by Gasteiger charge is 2.13. The number of hydrogen-bond donors (Lipinski definition) is 1. The minimum absolute atomic E-state index is 0.344. The molecular formula is C11H20N2O. The van der Waals surface area contributed by atoms with Gasteiger partial charge in [0, 0.05) is 13.1 Å². The van der Waals surface area contributed by atoms with Crippen molar-refractivity contribution in [3.8, 4) is 0 Å². The third-order valence-electron chi connectivity index (χ3n) is 2.55. The topological polar surface area (TPSA) is 28.4 Å². The van der Waals surface area contributed by atoms with E-state index in [4.69, 9.17) is 4.42 Å². The van der Waals surface area contributed by atoms with Gasteiger partial charge in [0.2, 0.25) is 0 Å². The Morgan fingerprint density at radius 1 is 1.50 bits per heavy atom. The van der Waals surface area contributed by atoms with E-state index >= 15 is 0 Å². The van der Waals surface area contributed by atoms with E-state index in [9.17, 15) is 0 Å². The zero-order valence-electron chi connectivity index (χ0n) is 9.50. The van der Waals surface area contributed by atoms with Crippen molar-refractivity contribution >= 4 is 0 Å². The lowest BCUT2D eigenvalue weighted by Gasteiger charge is -2.22. The van der Waals surface area contributed by atoms with Gasteiger partial charge in [0.1, 0.15) is 11.5 Å². The zero-order valence-corrected chi connectivity index (χ0v) is 9.50. The maximum absolute atomic E-state index is 5.58. The summed E-state index contributed by atoms with van der Waals surface area (Å²) in [5.41, 5.74) is 0. The van der Waals surface area contributed by atoms with Crippen LogP contribution in [0.1, 0.15) is 24.5 Å². The van der Waals surface area contributed by atoms with Crippen molar-refractivity contribution in [2.75, 3.05) is 27.2 Å². The molecule has 0 saturated heterocycles. The lowest BCUT2D eigenvalue weighted by molar-refractivity contribution is 0.231. The summed E-state index contributed by atoms with van der Waals surface area (Å²) in [6.45, 7) is 6.16. The molecule has 3 nitrogen and oxygen atoms in total. The molecule has 1 heterocycles. The van der Waals surface area contributed by atoms with Crippen LogP contribution in [0.5, 0.6) is 0 Å². The number of likely N-dealkylation sites (N-methyl/N-ethyl adjacent to an activating group) is 2. The number of furan rings is 1. The largest absolute Gasteiger partial charge is 0.465 e. The average Bonchev–Trinajstić information content (AvgIpc) is 2.60. The first-order valence-electron chi connectivity index (χ1n) is 5.06. The standard InChI is InChI=1S/C11H20N2O/c1-9-5-6-11(14-9)10(2)13(4)8-7-12-3/h5-6,10,12H,7-8H2,1-4H3. The SMILES string of the molecule is CNCCN(C)C(C)c1ccc(C)o1. The van der Waals surface area contributed by atoms with Crippen LogP contribution in [0.15, 0.2) is 16.5 Å². The van der Waals surface area contributed by atoms with Gasteiger partial charge in [0.25, 0.3) is 0 Å². The molecular weight excluding hydrogens is 176 g/mol. The number of hydrogen-bond acceptors (Lipinski definition) is 3. The van der Waals surface area contributed by atoms with Gasteiger partial charge in [-0.3, -0.25) is 4.90 Å². The Hall–Kier alpha value is -0.800. The maximum Gasteiger partial charge on any atom is 0.121 e. The van der Waals surface area contributed by atoms with Gasteiger partial charge in [0.15, 0.2) is 0 Å². The highest BCUT2D eigenvalue weighted by atomic mass is 16.3. The summed E-state index contributed by atoms with van der Waals surface area (Å²) >= 11 is 0. The molecule has 0 aromatic carbocycles. The molecule has 1 unspecified atom stereocenters. The molecule has 0 saturated carbocycles. The molecule has 0 bridgehead atoms. The zero-order chi connectivity index (χ0) is 10.6. The Morgan fingerprint density at radius 2 is 2.21 bits per heavy atom. The van der Waals surface area contributed by atoms with Crippen LogP contribution < -0.4 is 5.32 Å². The van der Waals surface area contributed by atoms with Crippen molar-refractivity contribution in [1.29, 1.82) is 0 Å². The van der Waals surface area contributed by atoms with E-state index in [0.717, 1.165) is 24.6 Å². The van der Waals surface area contributed by atoms with Crippen LogP contribution in [0.25, 0.3) is 0 Å². The van der Waals surface area contributed by atoms with Crippen molar-refractivity contribution in [2.24, 2.45) is 0 Å². The molecule has 1 atom stereocenters. The van der Waals surface area contributed by atoms with Crippen LogP contribution in [-0.2, 0) is 0 Å². The van der Waals surface area contributed by atoms with Crippen LogP contribution in [0.3, 0.4) is 0 Å². The van der Waals surface area contributed by atoms with Crippen molar-refractivity contribution in [3.05, 3.63) is 23.7 Å². The van der Waals surface area contributed by atoms with Crippen molar-refractivity contribution in [3.63, 3.8) is 0 Å². The first-order chi connectivity index (χ1) is 6.65. The first-order valence-corrected chi connectivity index (χ1v) is 5.06. The molecule has 3 heteroatoms. The molecule has 1 rings (SSSR count). The summed E-state index contributed by atoms with van der Waals surface area (Å²) < 4.78 is 5.58. The number of aryl methyl sites for hydroxylation is 1. The van der Waals surface area contributed by atoms with Crippen LogP contribution in [0.2, 0.25) is 0 Å². The van der Waals surface area contributed by atoms with Crippen molar-refractivity contribution in [2.45, 2.75) is 19.9 Å². The second-order valence-electron chi connectivity index (χ2n) is 3.71. The van der Waals surface area contributed by atoms with Crippen molar-refractivity contribution < 1.29 is 4.42 Å². The molecule has 0 aliphatic carbocycles. The number of nitrogens with zero attached hydrogens (tertiary/aromatic N) is 1. The molecule has 1 aromatic heterocycles. The summed E-state index contributed by atoms with van der Waals surface area (Å²) in [7, 11) is 4.08. The minimum Gasteiger partial charge on any atom is -0.465 e. The molecule has 80 valence electrons. The minimum atomic E-state index is 0.344. The van der Waals surface area contributed by atoms with E-state index in [-0.39, 0.29) is 0 Å². The predicted molar refractivity (Wildman–Crippen MR) is 58.4 cm³/mol. The molecule has 0 amide bonds. The van der Waals surface area contributed by atoms with Gasteiger partial charge in [-0.2, -0.15) is 0 Å². The summed E-state index contributed by atoms with van der Waals surface area (Å²) in [4.78, 5) is 2.27. The second kappa shape index (κ2) is 5.17. The fraction of sp³-hybridized carbons (Fsp3) is 0.636. The highest BCUT2D eigenvalue weighted by molar-refractivity contribution is 5.08. The summed E-state index contributed by atoms with van der Waals surface area (Å²) in [6.07, 6.45) is 0. The average molecular weight is 196 g/mol. The lowest BCUT2D eigenvalue weighted by Crippen LogP contribution is -2.29. The van der Waals surface area contributed by atoms with Gasteiger partial charge in [-0.15, -0.1) is 0 Å². The second-order valence-corrected chi connectivity index (χ2v) is 3.71.